The Morgan fingerprint density at radius 3 is 1.60 bits per heavy atom. The Labute approximate surface area is 355 Å². The quantitative estimate of drug-likeness (QED) is 0.159. The molecule has 0 radical (unpaired) electrons. The summed E-state index contributed by atoms with van der Waals surface area (Å²) in [6.07, 6.45) is 0. The molecule has 0 unspecified atom stereocenters. The number of furan rings is 2. The van der Waals surface area contributed by atoms with Crippen molar-refractivity contribution in [1.82, 2.24) is 24.9 Å². The highest BCUT2D eigenvalue weighted by atomic mass is 16.3. The van der Waals surface area contributed by atoms with Gasteiger partial charge in [-0.3, -0.25) is 0 Å². The van der Waals surface area contributed by atoms with Crippen LogP contribution in [0.15, 0.2) is 209 Å². The normalized spacial score (nSPS) is 11.5. The summed E-state index contributed by atoms with van der Waals surface area (Å²) >= 11 is 0. The average Bonchev–Trinajstić information content (AvgIpc) is 3.93. The minimum absolute atomic E-state index is 0.569. The summed E-state index contributed by atoms with van der Waals surface area (Å²) in [7, 11) is 0. The zero-order valence-electron chi connectivity index (χ0n) is 33.1. The van der Waals surface area contributed by atoms with Crippen LogP contribution in [-0.4, -0.2) is 24.9 Å². The van der Waals surface area contributed by atoms with E-state index in [1.54, 1.807) is 0 Å². The molecule has 4 aromatic heterocycles. The van der Waals surface area contributed by atoms with Gasteiger partial charge in [-0.2, -0.15) is 0 Å². The van der Waals surface area contributed by atoms with Gasteiger partial charge in [0.1, 0.15) is 28.0 Å². The highest BCUT2D eigenvalue weighted by Crippen LogP contribution is 2.40. The Kier molecular flexibility index (Phi) is 8.35. The van der Waals surface area contributed by atoms with Crippen LogP contribution in [0, 0.1) is 0 Å². The fourth-order valence-electron chi connectivity index (χ4n) is 8.33. The molecule has 0 aliphatic carbocycles. The van der Waals surface area contributed by atoms with E-state index in [1.807, 2.05) is 109 Å². The van der Waals surface area contributed by atoms with E-state index in [2.05, 4.69) is 91.0 Å². The second kappa shape index (κ2) is 14.6. The molecule has 0 atom stereocenters. The van der Waals surface area contributed by atoms with E-state index in [4.69, 9.17) is 33.8 Å². The van der Waals surface area contributed by atoms with Gasteiger partial charge in [0, 0.05) is 44.0 Å². The summed E-state index contributed by atoms with van der Waals surface area (Å²) in [5.41, 5.74) is 13.4. The van der Waals surface area contributed by atoms with Gasteiger partial charge >= 0.3 is 0 Å². The first kappa shape index (κ1) is 35.4. The van der Waals surface area contributed by atoms with Gasteiger partial charge in [-0.15, -0.1) is 0 Å². The highest BCUT2D eigenvalue weighted by molar-refractivity contribution is 6.13. The number of hydrogen-bond donors (Lipinski definition) is 0. The molecule has 0 saturated carbocycles. The lowest BCUT2D eigenvalue weighted by Gasteiger charge is -2.10. The Hall–Kier alpha value is -8.55. The molecule has 4 heterocycles. The number of aromatic nitrogens is 5. The van der Waals surface area contributed by atoms with E-state index in [0.717, 1.165) is 94.2 Å². The zero-order valence-corrected chi connectivity index (χ0v) is 33.1. The van der Waals surface area contributed by atoms with E-state index in [9.17, 15) is 0 Å². The summed E-state index contributed by atoms with van der Waals surface area (Å²) in [5, 5.41) is 2.87. The van der Waals surface area contributed by atoms with E-state index in [-0.39, 0.29) is 0 Å². The van der Waals surface area contributed by atoms with Gasteiger partial charge in [-0.1, -0.05) is 164 Å². The SMILES string of the molecule is c1ccc(-c2cccc(-c3nc(-c4ccccc4)nc(-c4cccc5oc6ccc(-c7ccc(-c8nc(-c9ccccc9)c9oc%10ccccc%10c9n8)cc7)cc6c45)n3)c2)cc1. The number of rotatable bonds is 7. The fraction of sp³-hybridized carbons (Fsp3) is 0. The lowest BCUT2D eigenvalue weighted by Crippen LogP contribution is -2.00. The molecule has 12 rings (SSSR count). The molecule has 0 amide bonds. The van der Waals surface area contributed by atoms with Crippen molar-refractivity contribution in [2.24, 2.45) is 0 Å². The first-order valence-corrected chi connectivity index (χ1v) is 20.5. The minimum Gasteiger partial charge on any atom is -0.456 e. The van der Waals surface area contributed by atoms with Crippen LogP contribution in [0.2, 0.25) is 0 Å². The van der Waals surface area contributed by atoms with Gasteiger partial charge in [0.25, 0.3) is 0 Å². The molecule has 0 bridgehead atoms. The van der Waals surface area contributed by atoms with Gasteiger partial charge in [0.05, 0.1) is 0 Å². The maximum Gasteiger partial charge on any atom is 0.180 e. The maximum absolute atomic E-state index is 6.49. The van der Waals surface area contributed by atoms with Gasteiger partial charge < -0.3 is 8.83 Å². The molecule has 0 fully saturated rings. The van der Waals surface area contributed by atoms with Crippen molar-refractivity contribution in [2.75, 3.05) is 0 Å². The summed E-state index contributed by atoms with van der Waals surface area (Å²) in [5.74, 6) is 2.39. The van der Waals surface area contributed by atoms with Crippen LogP contribution in [0.4, 0.5) is 0 Å². The summed E-state index contributed by atoms with van der Waals surface area (Å²) in [6.45, 7) is 0. The van der Waals surface area contributed by atoms with Crippen molar-refractivity contribution in [1.29, 1.82) is 0 Å². The molecule has 0 N–H and O–H groups in total. The Morgan fingerprint density at radius 2 is 0.806 bits per heavy atom. The van der Waals surface area contributed by atoms with Crippen LogP contribution in [0.25, 0.3) is 123 Å². The molecule has 0 saturated heterocycles. The van der Waals surface area contributed by atoms with Crippen molar-refractivity contribution in [3.8, 4) is 79.1 Å². The molecule has 0 spiro atoms. The number of para-hydroxylation sites is 1. The van der Waals surface area contributed by atoms with Gasteiger partial charge in [-0.05, 0) is 58.7 Å². The van der Waals surface area contributed by atoms with Crippen molar-refractivity contribution < 1.29 is 8.83 Å². The third-order valence-electron chi connectivity index (χ3n) is 11.4. The van der Waals surface area contributed by atoms with E-state index >= 15 is 0 Å². The highest BCUT2D eigenvalue weighted by Gasteiger charge is 2.20. The number of benzene rings is 8. The molecule has 290 valence electrons. The van der Waals surface area contributed by atoms with E-state index in [0.29, 0.717) is 28.9 Å². The standard InChI is InChI=1S/C55H33N5O2/c1-4-14-34(15-5-1)39-20-12-21-41(32-39)54-58-53(37-18-8-3-9-19-37)59-55(60-54)43-23-13-25-47-48(43)44-33-40(30-31-46(44)61-47)35-26-28-38(29-27-35)52-56-49(36-16-6-2-7-17-36)51-50(57-52)42-22-10-11-24-45(42)62-51/h1-33H. The van der Waals surface area contributed by atoms with Crippen LogP contribution in [0.3, 0.4) is 0 Å². The molecular weight excluding hydrogens is 763 g/mol. The van der Waals surface area contributed by atoms with Crippen molar-refractivity contribution in [3.05, 3.63) is 200 Å². The van der Waals surface area contributed by atoms with Crippen LogP contribution in [0.5, 0.6) is 0 Å². The lowest BCUT2D eigenvalue weighted by molar-refractivity contribution is 0.667. The number of fused-ring (bicyclic) bond motifs is 6. The predicted molar refractivity (Wildman–Crippen MR) is 248 cm³/mol. The van der Waals surface area contributed by atoms with Gasteiger partial charge in [-0.25, -0.2) is 24.9 Å². The third-order valence-corrected chi connectivity index (χ3v) is 11.4. The molecule has 0 aliphatic rings. The van der Waals surface area contributed by atoms with Gasteiger partial charge in [0.2, 0.25) is 0 Å². The van der Waals surface area contributed by atoms with Gasteiger partial charge in [0.15, 0.2) is 28.9 Å². The largest absolute Gasteiger partial charge is 0.456 e. The van der Waals surface area contributed by atoms with E-state index in [1.165, 1.54) is 0 Å². The molecule has 0 aliphatic heterocycles. The first-order valence-electron chi connectivity index (χ1n) is 20.5. The third kappa shape index (κ3) is 6.19. The molecule has 8 aromatic carbocycles. The second-order valence-corrected chi connectivity index (χ2v) is 15.2. The number of hydrogen-bond acceptors (Lipinski definition) is 7. The summed E-state index contributed by atoms with van der Waals surface area (Å²) in [6, 6.07) is 67.7. The Balaban J connectivity index is 0.961. The maximum atomic E-state index is 6.49. The molecule has 12 aromatic rings. The minimum atomic E-state index is 0.569. The van der Waals surface area contributed by atoms with Crippen LogP contribution in [-0.2, 0) is 0 Å². The number of nitrogens with zero attached hydrogens (tertiary/aromatic N) is 5. The van der Waals surface area contributed by atoms with Crippen LogP contribution in [0.1, 0.15) is 0 Å². The smallest absolute Gasteiger partial charge is 0.180 e. The second-order valence-electron chi connectivity index (χ2n) is 15.2. The monoisotopic (exact) mass is 795 g/mol. The van der Waals surface area contributed by atoms with Crippen molar-refractivity contribution in [2.45, 2.75) is 0 Å². The topological polar surface area (TPSA) is 90.7 Å². The summed E-state index contributed by atoms with van der Waals surface area (Å²) in [4.78, 5) is 25.5. The predicted octanol–water partition coefficient (Wildman–Crippen LogP) is 14.1. The van der Waals surface area contributed by atoms with Crippen molar-refractivity contribution in [3.63, 3.8) is 0 Å². The fourth-order valence-corrected chi connectivity index (χ4v) is 8.33. The zero-order chi connectivity index (χ0) is 41.0. The molecular formula is C55H33N5O2. The molecule has 7 heteroatoms. The van der Waals surface area contributed by atoms with Crippen LogP contribution < -0.4 is 0 Å². The average molecular weight is 796 g/mol. The van der Waals surface area contributed by atoms with E-state index < -0.39 is 0 Å². The Morgan fingerprint density at radius 1 is 0.290 bits per heavy atom. The Bertz CT molecular complexity index is 3620. The molecule has 7 nitrogen and oxygen atoms in total. The first-order chi connectivity index (χ1) is 30.7. The molecule has 62 heavy (non-hydrogen) atoms. The lowest BCUT2D eigenvalue weighted by atomic mass is 9.99. The summed E-state index contributed by atoms with van der Waals surface area (Å²) < 4.78 is 12.8. The van der Waals surface area contributed by atoms with Crippen molar-refractivity contribution >= 4 is 44.0 Å². The van der Waals surface area contributed by atoms with Crippen LogP contribution >= 0.6 is 0 Å².